The van der Waals surface area contributed by atoms with Gasteiger partial charge in [0.05, 0.1) is 37.5 Å². The Kier molecular flexibility index (Phi) is 3.34. The Morgan fingerprint density at radius 1 is 1.70 bits per heavy atom. The van der Waals surface area contributed by atoms with Gasteiger partial charge in [-0.25, -0.2) is 0 Å². The van der Waals surface area contributed by atoms with E-state index < -0.39 is 28.6 Å². The first kappa shape index (κ1) is 13.5. The minimum Gasteiger partial charge on any atom is -0.358 e. The van der Waals surface area contributed by atoms with Gasteiger partial charge in [-0.2, -0.15) is 9.94 Å². The second kappa shape index (κ2) is 4.96. The number of aromatic nitrogens is 2. The Balaban J connectivity index is 1.97. The van der Waals surface area contributed by atoms with Gasteiger partial charge in [0.2, 0.25) is 5.91 Å². The van der Waals surface area contributed by atoms with Crippen LogP contribution in [0.4, 0.5) is 5.82 Å². The fourth-order valence-electron chi connectivity index (χ4n) is 1.65. The van der Waals surface area contributed by atoms with Crippen LogP contribution in [0.2, 0.25) is 0 Å². The van der Waals surface area contributed by atoms with Crippen LogP contribution in [-0.2, 0) is 11.8 Å². The number of hydrogen-bond acceptors (Lipinski definition) is 6. The molecule has 0 spiro atoms. The zero-order valence-corrected chi connectivity index (χ0v) is 10.4. The number of nitrogens with one attached hydrogen (secondary N) is 1. The minimum atomic E-state index is -0.771. The van der Waals surface area contributed by atoms with E-state index in [1.165, 1.54) is 18.1 Å². The van der Waals surface area contributed by atoms with Crippen LogP contribution >= 0.6 is 0 Å². The number of hydrogen-bond donors (Lipinski definition) is 1. The lowest BCUT2D eigenvalue weighted by molar-refractivity contribution is -0.390. The van der Waals surface area contributed by atoms with Crippen molar-refractivity contribution in [2.45, 2.75) is 6.04 Å². The standard InChI is InChI=1S/C10H10N6O4/c1-14-5-7(9(13-14)16(19)20)10(18)12-3-8(17)15-4-6(15)2-11/h5-6H,3-4H2,1H3,(H,12,18). The molecule has 20 heavy (non-hydrogen) atoms. The summed E-state index contributed by atoms with van der Waals surface area (Å²) < 4.78 is 1.14. The molecule has 1 unspecified atom stereocenters. The highest BCUT2D eigenvalue weighted by atomic mass is 16.6. The van der Waals surface area contributed by atoms with E-state index in [9.17, 15) is 19.7 Å². The lowest BCUT2D eigenvalue weighted by Gasteiger charge is -2.03. The Bertz CT molecular complexity index is 630. The summed E-state index contributed by atoms with van der Waals surface area (Å²) in [6.45, 7) is 0.0291. The molecule has 1 saturated heterocycles. The van der Waals surface area contributed by atoms with Crippen molar-refractivity contribution in [3.05, 3.63) is 21.9 Å². The van der Waals surface area contributed by atoms with E-state index >= 15 is 0 Å². The molecule has 1 fully saturated rings. The Hall–Kier alpha value is -2.96. The van der Waals surface area contributed by atoms with Crippen molar-refractivity contribution in [2.24, 2.45) is 7.05 Å². The maximum absolute atomic E-state index is 11.8. The molecule has 1 aliphatic rings. The van der Waals surface area contributed by atoms with Crippen LogP contribution in [0.1, 0.15) is 10.4 Å². The van der Waals surface area contributed by atoms with E-state index in [4.69, 9.17) is 5.26 Å². The quantitative estimate of drug-likeness (QED) is 0.417. The monoisotopic (exact) mass is 278 g/mol. The summed E-state index contributed by atoms with van der Waals surface area (Å²) in [5.74, 6) is -1.73. The predicted octanol–water partition coefficient (Wildman–Crippen LogP) is -1.21. The average molecular weight is 278 g/mol. The second-order valence-electron chi connectivity index (χ2n) is 4.17. The molecule has 1 aromatic rings. The molecule has 10 nitrogen and oxygen atoms in total. The summed E-state index contributed by atoms with van der Waals surface area (Å²) in [6.07, 6.45) is 1.20. The van der Waals surface area contributed by atoms with E-state index in [-0.39, 0.29) is 12.1 Å². The van der Waals surface area contributed by atoms with Gasteiger partial charge in [0.1, 0.15) is 6.04 Å². The summed E-state index contributed by atoms with van der Waals surface area (Å²) in [5.41, 5.74) is -0.215. The highest BCUT2D eigenvalue weighted by Gasteiger charge is 2.38. The molecule has 10 heteroatoms. The van der Waals surface area contributed by atoms with Gasteiger partial charge in [-0.15, -0.1) is 0 Å². The predicted molar refractivity (Wildman–Crippen MR) is 63.3 cm³/mol. The number of carbonyl (C=O) groups excluding carboxylic acids is 2. The van der Waals surface area contributed by atoms with Crippen molar-refractivity contribution in [1.82, 2.24) is 20.0 Å². The minimum absolute atomic E-state index is 0.215. The average Bonchev–Trinajstić information content (AvgIpc) is 3.09. The highest BCUT2D eigenvalue weighted by molar-refractivity contribution is 5.99. The number of nitriles is 1. The molecule has 0 aromatic carbocycles. The van der Waals surface area contributed by atoms with Gasteiger partial charge < -0.3 is 20.3 Å². The number of aryl methyl sites for hydroxylation is 1. The van der Waals surface area contributed by atoms with Crippen LogP contribution < -0.4 is 5.32 Å². The second-order valence-corrected chi connectivity index (χ2v) is 4.17. The zero-order valence-electron chi connectivity index (χ0n) is 10.4. The van der Waals surface area contributed by atoms with Crippen molar-refractivity contribution in [2.75, 3.05) is 13.1 Å². The van der Waals surface area contributed by atoms with Crippen molar-refractivity contribution < 1.29 is 14.5 Å². The lowest BCUT2D eigenvalue weighted by Crippen LogP contribution is -2.33. The molecule has 0 saturated carbocycles. The number of carbonyl (C=O) groups is 2. The zero-order chi connectivity index (χ0) is 14.9. The van der Waals surface area contributed by atoms with Crippen molar-refractivity contribution in [3.8, 4) is 6.07 Å². The molecule has 1 N–H and O–H groups in total. The first-order valence-corrected chi connectivity index (χ1v) is 5.59. The van der Waals surface area contributed by atoms with E-state index in [2.05, 4.69) is 10.4 Å². The van der Waals surface area contributed by atoms with Gasteiger partial charge >= 0.3 is 5.82 Å². The van der Waals surface area contributed by atoms with Gasteiger partial charge in [0.25, 0.3) is 5.91 Å². The van der Waals surface area contributed by atoms with Crippen molar-refractivity contribution in [3.63, 3.8) is 0 Å². The van der Waals surface area contributed by atoms with Gasteiger partial charge in [-0.05, 0) is 4.92 Å². The van der Waals surface area contributed by atoms with Gasteiger partial charge in [0.15, 0.2) is 5.56 Å². The molecule has 2 amide bonds. The van der Waals surface area contributed by atoms with Crippen LogP contribution in [0, 0.1) is 21.4 Å². The van der Waals surface area contributed by atoms with E-state index in [1.54, 1.807) is 0 Å². The van der Waals surface area contributed by atoms with Crippen LogP contribution in [0.5, 0.6) is 0 Å². The molecule has 1 atom stereocenters. The Labute approximate surface area is 112 Å². The van der Waals surface area contributed by atoms with Gasteiger partial charge in [0, 0.05) is 0 Å². The van der Waals surface area contributed by atoms with Crippen molar-refractivity contribution >= 4 is 17.6 Å². The summed E-state index contributed by atoms with van der Waals surface area (Å²) in [4.78, 5) is 34.6. The smallest absolute Gasteiger partial charge is 0.358 e. The third-order valence-corrected chi connectivity index (χ3v) is 2.71. The lowest BCUT2D eigenvalue weighted by atomic mass is 10.3. The molecule has 0 radical (unpaired) electrons. The third kappa shape index (κ3) is 2.56. The summed E-state index contributed by atoms with van der Waals surface area (Å²) in [7, 11) is 1.45. The van der Waals surface area contributed by atoms with Crippen molar-refractivity contribution in [1.29, 1.82) is 5.26 Å². The molecule has 2 heterocycles. The number of nitro groups is 1. The first-order chi connectivity index (χ1) is 9.43. The van der Waals surface area contributed by atoms with Crippen LogP contribution in [0.25, 0.3) is 0 Å². The summed E-state index contributed by atoms with van der Waals surface area (Å²) >= 11 is 0. The van der Waals surface area contributed by atoms with Crippen LogP contribution in [0.3, 0.4) is 0 Å². The van der Waals surface area contributed by atoms with Crippen LogP contribution in [-0.4, -0.2) is 50.5 Å². The molecule has 1 aromatic heterocycles. The molecule has 2 rings (SSSR count). The molecule has 1 aliphatic heterocycles. The van der Waals surface area contributed by atoms with E-state index in [0.29, 0.717) is 6.54 Å². The maximum Gasteiger partial charge on any atom is 0.402 e. The van der Waals surface area contributed by atoms with E-state index in [1.807, 2.05) is 6.07 Å². The summed E-state index contributed by atoms with van der Waals surface area (Å²) in [6, 6.07) is 1.47. The number of rotatable bonds is 4. The molecular formula is C10H10N6O4. The SMILES string of the molecule is Cn1cc(C(=O)NCC(=O)N2CC2C#N)c([N+](=O)[O-])n1. The molecule has 0 aliphatic carbocycles. The molecule has 104 valence electrons. The number of nitrogens with zero attached hydrogens (tertiary/aromatic N) is 5. The first-order valence-electron chi connectivity index (χ1n) is 5.59. The third-order valence-electron chi connectivity index (χ3n) is 2.71. The molecule has 0 bridgehead atoms. The fourth-order valence-corrected chi connectivity index (χ4v) is 1.65. The Morgan fingerprint density at radius 3 is 2.95 bits per heavy atom. The summed E-state index contributed by atoms with van der Waals surface area (Å²) in [5, 5.41) is 25.1. The number of amides is 2. The fraction of sp³-hybridized carbons (Fsp3) is 0.400. The van der Waals surface area contributed by atoms with Gasteiger partial charge in [-0.1, -0.05) is 0 Å². The van der Waals surface area contributed by atoms with E-state index in [0.717, 1.165) is 4.68 Å². The Morgan fingerprint density at radius 2 is 2.40 bits per heavy atom. The largest absolute Gasteiger partial charge is 0.402 e. The normalized spacial score (nSPS) is 16.4. The maximum atomic E-state index is 11.8. The molecular weight excluding hydrogens is 268 g/mol. The highest BCUT2D eigenvalue weighted by Crippen LogP contribution is 2.16. The topological polar surface area (TPSA) is 134 Å². The van der Waals surface area contributed by atoms with Crippen LogP contribution in [0.15, 0.2) is 6.20 Å². The van der Waals surface area contributed by atoms with Gasteiger partial charge in [-0.3, -0.25) is 9.59 Å².